The van der Waals surface area contributed by atoms with Gasteiger partial charge in [0, 0.05) is 38.6 Å². The van der Waals surface area contributed by atoms with E-state index in [-0.39, 0.29) is 5.41 Å². The van der Waals surface area contributed by atoms with Crippen molar-refractivity contribution in [3.05, 3.63) is 30.4 Å². The molecule has 1 aliphatic heterocycles. The second-order valence-electron chi connectivity index (χ2n) is 7.70. The van der Waals surface area contributed by atoms with Crippen LogP contribution in [0.15, 0.2) is 24.7 Å². The number of hydrogen-bond donors (Lipinski definition) is 0. The van der Waals surface area contributed by atoms with Crippen molar-refractivity contribution in [3.63, 3.8) is 0 Å². The highest BCUT2D eigenvalue weighted by Gasteiger charge is 2.23. The van der Waals surface area contributed by atoms with E-state index in [1.54, 1.807) is 11.0 Å². The second kappa shape index (κ2) is 6.19. The van der Waals surface area contributed by atoms with Crippen molar-refractivity contribution in [1.29, 1.82) is 0 Å². The molecule has 0 N–H and O–H groups in total. The van der Waals surface area contributed by atoms with Gasteiger partial charge in [0.25, 0.3) is 0 Å². The third kappa shape index (κ3) is 2.95. The fourth-order valence-electron chi connectivity index (χ4n) is 3.24. The quantitative estimate of drug-likeness (QED) is 0.696. The van der Waals surface area contributed by atoms with Gasteiger partial charge >= 0.3 is 0 Å². The minimum absolute atomic E-state index is 0.0202. The SMILES string of the molecule is Cn1ncc2c(N3CCN(c4ccc(C(C)(C)C)nn4)CC3)ncnc21. The summed E-state index contributed by atoms with van der Waals surface area (Å²) in [5, 5.41) is 14.1. The van der Waals surface area contributed by atoms with Crippen molar-refractivity contribution in [1.82, 2.24) is 29.9 Å². The summed E-state index contributed by atoms with van der Waals surface area (Å²) >= 11 is 0. The molecule has 0 atom stereocenters. The fraction of sp³-hybridized carbons (Fsp3) is 0.500. The van der Waals surface area contributed by atoms with Gasteiger partial charge in [0.05, 0.1) is 17.3 Å². The van der Waals surface area contributed by atoms with E-state index in [4.69, 9.17) is 0 Å². The lowest BCUT2D eigenvalue weighted by Gasteiger charge is -2.36. The van der Waals surface area contributed by atoms with Crippen molar-refractivity contribution < 1.29 is 0 Å². The van der Waals surface area contributed by atoms with Gasteiger partial charge in [-0.3, -0.25) is 4.68 Å². The van der Waals surface area contributed by atoms with Crippen LogP contribution in [0.5, 0.6) is 0 Å². The largest absolute Gasteiger partial charge is 0.352 e. The first-order valence-corrected chi connectivity index (χ1v) is 8.90. The van der Waals surface area contributed by atoms with E-state index in [1.165, 1.54) is 0 Å². The lowest BCUT2D eigenvalue weighted by Crippen LogP contribution is -2.47. The Morgan fingerprint density at radius 3 is 2.31 bits per heavy atom. The van der Waals surface area contributed by atoms with Crippen molar-refractivity contribution in [2.24, 2.45) is 7.05 Å². The molecular weight excluding hydrogens is 328 g/mol. The highest BCUT2D eigenvalue weighted by atomic mass is 15.3. The lowest BCUT2D eigenvalue weighted by atomic mass is 9.92. The van der Waals surface area contributed by atoms with Gasteiger partial charge < -0.3 is 9.80 Å². The number of aromatic nitrogens is 6. The molecule has 0 saturated carbocycles. The number of nitrogens with zero attached hydrogens (tertiary/aromatic N) is 8. The van der Waals surface area contributed by atoms with Crippen LogP contribution in [0.1, 0.15) is 26.5 Å². The van der Waals surface area contributed by atoms with Crippen LogP contribution in [-0.4, -0.2) is 56.1 Å². The molecule has 8 heteroatoms. The van der Waals surface area contributed by atoms with Crippen LogP contribution in [0.2, 0.25) is 0 Å². The predicted octanol–water partition coefficient (Wildman–Crippen LogP) is 1.78. The zero-order chi connectivity index (χ0) is 18.3. The Morgan fingerprint density at radius 1 is 0.923 bits per heavy atom. The molecule has 0 radical (unpaired) electrons. The third-order valence-electron chi connectivity index (χ3n) is 4.83. The van der Waals surface area contributed by atoms with Gasteiger partial charge in [0.15, 0.2) is 11.5 Å². The lowest BCUT2D eigenvalue weighted by molar-refractivity contribution is 0.556. The molecule has 0 aliphatic carbocycles. The summed E-state index contributed by atoms with van der Waals surface area (Å²) in [4.78, 5) is 13.4. The Bertz CT molecular complexity index is 901. The molecule has 4 rings (SSSR count). The molecule has 0 spiro atoms. The van der Waals surface area contributed by atoms with E-state index in [1.807, 2.05) is 13.2 Å². The highest BCUT2D eigenvalue weighted by molar-refractivity contribution is 5.86. The van der Waals surface area contributed by atoms with E-state index in [9.17, 15) is 0 Å². The van der Waals surface area contributed by atoms with E-state index in [2.05, 4.69) is 68.0 Å². The molecule has 0 aromatic carbocycles. The van der Waals surface area contributed by atoms with Gasteiger partial charge in [-0.1, -0.05) is 20.8 Å². The molecule has 1 saturated heterocycles. The van der Waals surface area contributed by atoms with E-state index in [0.717, 1.165) is 54.5 Å². The molecule has 3 aromatic rings. The van der Waals surface area contributed by atoms with Gasteiger partial charge in [0.1, 0.15) is 12.1 Å². The van der Waals surface area contributed by atoms with Crippen molar-refractivity contribution in [2.45, 2.75) is 26.2 Å². The van der Waals surface area contributed by atoms with Crippen molar-refractivity contribution >= 4 is 22.7 Å². The van der Waals surface area contributed by atoms with Gasteiger partial charge in [-0.2, -0.15) is 10.2 Å². The number of fused-ring (bicyclic) bond motifs is 1. The molecule has 4 heterocycles. The molecule has 0 amide bonds. The maximum atomic E-state index is 4.50. The Labute approximate surface area is 152 Å². The fourth-order valence-corrected chi connectivity index (χ4v) is 3.24. The summed E-state index contributed by atoms with van der Waals surface area (Å²) in [6.45, 7) is 9.97. The molecule has 1 aliphatic rings. The second-order valence-corrected chi connectivity index (χ2v) is 7.70. The minimum atomic E-state index is 0.0202. The summed E-state index contributed by atoms with van der Waals surface area (Å²) in [6, 6.07) is 4.16. The van der Waals surface area contributed by atoms with Crippen LogP contribution in [0.25, 0.3) is 11.0 Å². The number of hydrogen-bond acceptors (Lipinski definition) is 7. The van der Waals surface area contributed by atoms with E-state index in [0.29, 0.717) is 0 Å². The molecular formula is C18H24N8. The van der Waals surface area contributed by atoms with E-state index < -0.39 is 0 Å². The van der Waals surface area contributed by atoms with Gasteiger partial charge in [-0.15, -0.1) is 5.10 Å². The summed E-state index contributed by atoms with van der Waals surface area (Å²) in [6.07, 6.45) is 3.45. The van der Waals surface area contributed by atoms with Crippen LogP contribution in [0, 0.1) is 0 Å². The zero-order valence-electron chi connectivity index (χ0n) is 15.7. The van der Waals surface area contributed by atoms with Crippen LogP contribution in [-0.2, 0) is 12.5 Å². The summed E-state index contributed by atoms with van der Waals surface area (Å²) < 4.78 is 1.78. The predicted molar refractivity (Wildman–Crippen MR) is 101 cm³/mol. The summed E-state index contributed by atoms with van der Waals surface area (Å²) in [5.41, 5.74) is 1.90. The number of anilines is 2. The van der Waals surface area contributed by atoms with Gasteiger partial charge in [0.2, 0.25) is 0 Å². The standard InChI is InChI=1S/C18H24N8/c1-18(2,3)14-5-6-15(23-22-14)25-7-9-26(10-8-25)17-13-11-21-24(4)16(13)19-12-20-17/h5-6,11-12H,7-10H2,1-4H3. The highest BCUT2D eigenvalue weighted by Crippen LogP contribution is 2.25. The van der Waals surface area contributed by atoms with Crippen molar-refractivity contribution in [2.75, 3.05) is 36.0 Å². The number of aryl methyl sites for hydroxylation is 1. The van der Waals surface area contributed by atoms with E-state index >= 15 is 0 Å². The molecule has 0 bridgehead atoms. The molecule has 3 aromatic heterocycles. The first kappa shape index (κ1) is 16.7. The zero-order valence-corrected chi connectivity index (χ0v) is 15.7. The van der Waals surface area contributed by atoms with Crippen LogP contribution in [0.3, 0.4) is 0 Å². The van der Waals surface area contributed by atoms with Gasteiger partial charge in [-0.05, 0) is 12.1 Å². The molecule has 136 valence electrons. The first-order chi connectivity index (χ1) is 12.4. The maximum absolute atomic E-state index is 4.50. The Balaban J connectivity index is 1.49. The number of piperazine rings is 1. The topological polar surface area (TPSA) is 75.9 Å². The molecule has 0 unspecified atom stereocenters. The molecule has 26 heavy (non-hydrogen) atoms. The number of rotatable bonds is 2. The third-order valence-corrected chi connectivity index (χ3v) is 4.83. The molecule has 8 nitrogen and oxygen atoms in total. The average molecular weight is 352 g/mol. The first-order valence-electron chi connectivity index (χ1n) is 8.90. The Morgan fingerprint density at radius 2 is 1.65 bits per heavy atom. The minimum Gasteiger partial charge on any atom is -0.352 e. The Hall–Kier alpha value is -2.77. The molecule has 1 fully saturated rings. The van der Waals surface area contributed by atoms with Crippen LogP contribution < -0.4 is 9.80 Å². The average Bonchev–Trinajstić information content (AvgIpc) is 3.03. The normalized spacial score (nSPS) is 15.7. The monoisotopic (exact) mass is 352 g/mol. The Kier molecular flexibility index (Phi) is 3.97. The smallest absolute Gasteiger partial charge is 0.163 e. The van der Waals surface area contributed by atoms with Crippen LogP contribution >= 0.6 is 0 Å². The summed E-state index contributed by atoms with van der Waals surface area (Å²) in [5.74, 6) is 1.89. The van der Waals surface area contributed by atoms with Crippen LogP contribution in [0.4, 0.5) is 11.6 Å². The summed E-state index contributed by atoms with van der Waals surface area (Å²) in [7, 11) is 1.90. The van der Waals surface area contributed by atoms with Gasteiger partial charge in [-0.25, -0.2) is 9.97 Å². The van der Waals surface area contributed by atoms with Crippen molar-refractivity contribution in [3.8, 4) is 0 Å². The maximum Gasteiger partial charge on any atom is 0.163 e.